The van der Waals surface area contributed by atoms with Crippen molar-refractivity contribution < 1.29 is 9.00 Å². The van der Waals surface area contributed by atoms with Crippen molar-refractivity contribution in [2.24, 2.45) is 0 Å². The van der Waals surface area contributed by atoms with Crippen LogP contribution in [-0.2, 0) is 35.3 Å². The third kappa shape index (κ3) is 6.56. The van der Waals surface area contributed by atoms with E-state index in [1.165, 1.54) is 5.56 Å². The lowest BCUT2D eigenvalue weighted by Gasteiger charge is -2.18. The van der Waals surface area contributed by atoms with Gasteiger partial charge in [0.15, 0.2) is 0 Å². The first-order valence-electron chi connectivity index (χ1n) is 10.1. The maximum absolute atomic E-state index is 12.6. The van der Waals surface area contributed by atoms with Gasteiger partial charge in [0, 0.05) is 41.6 Å². The molecule has 4 nitrogen and oxygen atoms in total. The van der Waals surface area contributed by atoms with Crippen molar-refractivity contribution in [2.45, 2.75) is 31.4 Å². The maximum atomic E-state index is 12.6. The molecule has 1 unspecified atom stereocenters. The fourth-order valence-electron chi connectivity index (χ4n) is 3.18. The Kier molecular flexibility index (Phi) is 7.80. The summed E-state index contributed by atoms with van der Waals surface area (Å²) in [6, 6.07) is 25.6. The van der Waals surface area contributed by atoms with Crippen LogP contribution in [0.5, 0.6) is 0 Å². The molecular weight excluding hydrogens is 392 g/mol. The first kappa shape index (κ1) is 21.8. The molecule has 30 heavy (non-hydrogen) atoms. The van der Waals surface area contributed by atoms with E-state index < -0.39 is 10.8 Å². The van der Waals surface area contributed by atoms with Crippen LogP contribution in [0.1, 0.15) is 29.2 Å². The number of anilines is 1. The van der Waals surface area contributed by atoms with Gasteiger partial charge in [-0.1, -0.05) is 73.7 Å². The molecule has 3 aromatic rings. The molecule has 3 aromatic carbocycles. The molecule has 0 saturated carbocycles. The zero-order valence-electron chi connectivity index (χ0n) is 17.5. The highest BCUT2D eigenvalue weighted by Crippen LogP contribution is 2.15. The molecule has 0 aliphatic carbocycles. The van der Waals surface area contributed by atoms with Gasteiger partial charge in [-0.25, -0.2) is 4.79 Å². The van der Waals surface area contributed by atoms with Gasteiger partial charge >= 0.3 is 6.03 Å². The van der Waals surface area contributed by atoms with Crippen LogP contribution >= 0.6 is 0 Å². The number of nitrogens with one attached hydrogen (secondary N) is 1. The molecule has 2 amide bonds. The lowest BCUT2D eigenvalue weighted by Crippen LogP contribution is -2.30. The second-order valence-electron chi connectivity index (χ2n) is 7.37. The summed E-state index contributed by atoms with van der Waals surface area (Å²) < 4.78 is 12.5. The van der Waals surface area contributed by atoms with Gasteiger partial charge in [0.25, 0.3) is 0 Å². The van der Waals surface area contributed by atoms with Crippen LogP contribution in [-0.4, -0.2) is 22.2 Å². The Morgan fingerprint density at radius 1 is 0.833 bits per heavy atom. The quantitative estimate of drug-likeness (QED) is 0.533. The average molecular weight is 421 g/mol. The Labute approximate surface area is 181 Å². The smallest absolute Gasteiger partial charge is 0.321 e. The number of carbonyl (C=O) groups is 1. The van der Waals surface area contributed by atoms with Crippen molar-refractivity contribution in [3.05, 3.63) is 101 Å². The highest BCUT2D eigenvalue weighted by molar-refractivity contribution is 7.83. The van der Waals surface area contributed by atoms with Crippen molar-refractivity contribution in [2.75, 3.05) is 12.4 Å². The van der Waals surface area contributed by atoms with E-state index in [9.17, 15) is 9.00 Å². The van der Waals surface area contributed by atoms with E-state index in [4.69, 9.17) is 0 Å². The largest absolute Gasteiger partial charge is 0.323 e. The second kappa shape index (κ2) is 10.7. The van der Waals surface area contributed by atoms with Gasteiger partial charge in [-0.05, 0) is 40.8 Å². The minimum Gasteiger partial charge on any atom is -0.323 e. The summed E-state index contributed by atoms with van der Waals surface area (Å²) in [5.41, 5.74) is 5.10. The molecule has 156 valence electrons. The van der Waals surface area contributed by atoms with Crippen LogP contribution in [0.15, 0.2) is 78.9 Å². The molecule has 3 rings (SSSR count). The van der Waals surface area contributed by atoms with Gasteiger partial charge < -0.3 is 10.2 Å². The Morgan fingerprint density at radius 3 is 2.17 bits per heavy atom. The molecular formula is C25H28N2O2S. The molecule has 1 N–H and O–H groups in total. The number of aryl methyl sites for hydroxylation is 1. The minimum absolute atomic E-state index is 0.169. The molecule has 5 heteroatoms. The third-order valence-corrected chi connectivity index (χ3v) is 6.18. The van der Waals surface area contributed by atoms with Crippen molar-refractivity contribution in [3.8, 4) is 0 Å². The molecule has 0 saturated heterocycles. The Morgan fingerprint density at radius 2 is 1.47 bits per heavy atom. The van der Waals surface area contributed by atoms with Crippen molar-refractivity contribution in [1.29, 1.82) is 0 Å². The van der Waals surface area contributed by atoms with Crippen LogP contribution in [0.4, 0.5) is 10.5 Å². The molecule has 1 atom stereocenters. The summed E-state index contributed by atoms with van der Waals surface area (Å²) in [5.74, 6) is 0.981. The molecule has 0 aliphatic rings. The van der Waals surface area contributed by atoms with Crippen LogP contribution in [0.3, 0.4) is 0 Å². The number of urea groups is 1. The SMILES string of the molecule is CCc1ccc(CN(C)C(=O)Nc2cccc(CS(=O)Cc3ccccc3)c2)cc1. The summed E-state index contributed by atoms with van der Waals surface area (Å²) in [6.45, 7) is 2.66. The molecule has 0 radical (unpaired) electrons. The lowest BCUT2D eigenvalue weighted by atomic mass is 10.1. The van der Waals surface area contributed by atoms with E-state index in [1.807, 2.05) is 54.6 Å². The highest BCUT2D eigenvalue weighted by Gasteiger charge is 2.11. The molecule has 0 fully saturated rings. The summed E-state index contributed by atoms with van der Waals surface area (Å²) in [7, 11) is 0.775. The molecule has 0 bridgehead atoms. The fourth-order valence-corrected chi connectivity index (χ4v) is 4.40. The Bertz CT molecular complexity index is 988. The number of benzene rings is 3. The van der Waals surface area contributed by atoms with Gasteiger partial charge in [-0.15, -0.1) is 0 Å². The summed E-state index contributed by atoms with van der Waals surface area (Å²) in [6.07, 6.45) is 1.00. The average Bonchev–Trinajstić information content (AvgIpc) is 2.75. The molecule has 0 spiro atoms. The Hall–Kier alpha value is -2.92. The van der Waals surface area contributed by atoms with Crippen LogP contribution < -0.4 is 5.32 Å². The van der Waals surface area contributed by atoms with Crippen molar-refractivity contribution in [1.82, 2.24) is 4.90 Å². The van der Waals surface area contributed by atoms with Gasteiger partial charge in [-0.2, -0.15) is 0 Å². The summed E-state index contributed by atoms with van der Waals surface area (Å²) in [5, 5.41) is 2.94. The third-order valence-electron chi connectivity index (χ3n) is 4.87. The van der Waals surface area contributed by atoms with E-state index >= 15 is 0 Å². The number of amides is 2. The summed E-state index contributed by atoms with van der Waals surface area (Å²) in [4.78, 5) is 14.2. The predicted octanol–water partition coefficient (Wildman–Crippen LogP) is 5.36. The minimum atomic E-state index is -1.00. The second-order valence-corrected chi connectivity index (χ2v) is 8.83. The first-order valence-corrected chi connectivity index (χ1v) is 11.6. The predicted molar refractivity (Wildman–Crippen MR) is 125 cm³/mol. The number of hydrogen-bond donors (Lipinski definition) is 1. The van der Waals surface area contributed by atoms with Gasteiger partial charge in [0.2, 0.25) is 0 Å². The normalized spacial score (nSPS) is 11.7. The number of carbonyl (C=O) groups excluding carboxylic acids is 1. The van der Waals surface area contributed by atoms with Crippen molar-refractivity contribution >= 4 is 22.5 Å². The molecule has 0 aliphatic heterocycles. The van der Waals surface area contributed by atoms with Crippen LogP contribution in [0, 0.1) is 0 Å². The number of rotatable bonds is 8. The topological polar surface area (TPSA) is 49.4 Å². The van der Waals surface area contributed by atoms with Gasteiger partial charge in [-0.3, -0.25) is 4.21 Å². The lowest BCUT2D eigenvalue weighted by molar-refractivity contribution is 0.220. The number of hydrogen-bond acceptors (Lipinski definition) is 2. The fraction of sp³-hybridized carbons (Fsp3) is 0.240. The summed E-state index contributed by atoms with van der Waals surface area (Å²) >= 11 is 0. The van der Waals surface area contributed by atoms with E-state index in [0.29, 0.717) is 23.7 Å². The van der Waals surface area contributed by atoms with E-state index in [1.54, 1.807) is 11.9 Å². The van der Waals surface area contributed by atoms with Crippen molar-refractivity contribution in [3.63, 3.8) is 0 Å². The highest BCUT2D eigenvalue weighted by atomic mass is 32.2. The van der Waals surface area contributed by atoms with Crippen LogP contribution in [0.2, 0.25) is 0 Å². The Balaban J connectivity index is 1.55. The van der Waals surface area contributed by atoms with E-state index in [2.05, 4.69) is 36.5 Å². The first-order chi connectivity index (χ1) is 14.5. The zero-order valence-corrected chi connectivity index (χ0v) is 18.3. The zero-order chi connectivity index (χ0) is 21.3. The monoisotopic (exact) mass is 420 g/mol. The maximum Gasteiger partial charge on any atom is 0.321 e. The molecule has 0 aromatic heterocycles. The van der Waals surface area contributed by atoms with Gasteiger partial charge in [0.1, 0.15) is 0 Å². The van der Waals surface area contributed by atoms with E-state index in [0.717, 1.165) is 23.1 Å². The van der Waals surface area contributed by atoms with E-state index in [-0.39, 0.29) is 6.03 Å². The standard InChI is InChI=1S/C25H28N2O2S/c1-3-20-12-14-21(15-13-20)17-27(2)25(28)26-24-11-7-10-23(16-24)19-30(29)18-22-8-5-4-6-9-22/h4-16H,3,17-19H2,1-2H3,(H,26,28). The van der Waals surface area contributed by atoms with Crippen LogP contribution in [0.25, 0.3) is 0 Å². The number of nitrogens with zero attached hydrogens (tertiary/aromatic N) is 1. The molecule has 0 heterocycles. The van der Waals surface area contributed by atoms with Gasteiger partial charge in [0.05, 0.1) is 0 Å².